The number of aryl methyl sites for hydroxylation is 1. The van der Waals surface area contributed by atoms with E-state index in [1.54, 1.807) is 11.6 Å². The van der Waals surface area contributed by atoms with E-state index in [1.807, 2.05) is 0 Å². The lowest BCUT2D eigenvalue weighted by atomic mass is 10.1. The number of carbonyl (C=O) groups excluding carboxylic acids is 1. The lowest BCUT2D eigenvalue weighted by Crippen LogP contribution is -2.23. The zero-order valence-corrected chi connectivity index (χ0v) is 13.2. The summed E-state index contributed by atoms with van der Waals surface area (Å²) in [4.78, 5) is 24.8. The van der Waals surface area contributed by atoms with Crippen molar-refractivity contribution < 1.29 is 13.6 Å². The SMILES string of the molecule is Cn1cc(C(=O)Nc2ccc(F)c(Cl)c2)c(=O)c2cc(F)ccc21. The van der Waals surface area contributed by atoms with Crippen LogP contribution >= 0.6 is 11.6 Å². The lowest BCUT2D eigenvalue weighted by Gasteiger charge is -2.10. The van der Waals surface area contributed by atoms with Crippen LogP contribution in [0.1, 0.15) is 10.4 Å². The van der Waals surface area contributed by atoms with Gasteiger partial charge in [0.15, 0.2) is 0 Å². The van der Waals surface area contributed by atoms with Gasteiger partial charge in [-0.1, -0.05) is 11.6 Å². The van der Waals surface area contributed by atoms with E-state index in [4.69, 9.17) is 11.6 Å². The monoisotopic (exact) mass is 348 g/mol. The van der Waals surface area contributed by atoms with Crippen LogP contribution in [0.5, 0.6) is 0 Å². The Morgan fingerprint density at radius 2 is 1.92 bits per heavy atom. The third kappa shape index (κ3) is 2.88. The fourth-order valence-corrected chi connectivity index (χ4v) is 2.58. The molecule has 7 heteroatoms. The summed E-state index contributed by atoms with van der Waals surface area (Å²) in [6, 6.07) is 7.45. The summed E-state index contributed by atoms with van der Waals surface area (Å²) in [6.45, 7) is 0. The second kappa shape index (κ2) is 6.05. The number of nitrogens with zero attached hydrogens (tertiary/aromatic N) is 1. The number of halogens is 3. The highest BCUT2D eigenvalue weighted by molar-refractivity contribution is 6.31. The van der Waals surface area contributed by atoms with E-state index in [0.717, 1.165) is 12.1 Å². The smallest absolute Gasteiger partial charge is 0.261 e. The number of hydrogen-bond donors (Lipinski definition) is 1. The molecule has 0 spiro atoms. The molecule has 24 heavy (non-hydrogen) atoms. The highest BCUT2D eigenvalue weighted by Gasteiger charge is 2.15. The van der Waals surface area contributed by atoms with Crippen molar-refractivity contribution in [3.8, 4) is 0 Å². The van der Waals surface area contributed by atoms with E-state index >= 15 is 0 Å². The van der Waals surface area contributed by atoms with Gasteiger partial charge in [0.25, 0.3) is 5.91 Å². The van der Waals surface area contributed by atoms with Gasteiger partial charge >= 0.3 is 0 Å². The Kier molecular flexibility index (Phi) is 4.07. The summed E-state index contributed by atoms with van der Waals surface area (Å²) >= 11 is 5.66. The molecule has 3 rings (SSSR count). The zero-order chi connectivity index (χ0) is 17.4. The van der Waals surface area contributed by atoms with Crippen molar-refractivity contribution in [2.45, 2.75) is 0 Å². The molecule has 0 aliphatic carbocycles. The first-order valence-electron chi connectivity index (χ1n) is 6.92. The summed E-state index contributed by atoms with van der Waals surface area (Å²) in [7, 11) is 1.64. The van der Waals surface area contributed by atoms with Crippen LogP contribution in [-0.2, 0) is 7.05 Å². The molecule has 0 fully saturated rings. The molecule has 2 aromatic carbocycles. The van der Waals surface area contributed by atoms with E-state index in [-0.39, 0.29) is 21.7 Å². The Hall–Kier alpha value is -2.73. The third-order valence-corrected chi connectivity index (χ3v) is 3.86. The van der Waals surface area contributed by atoms with Gasteiger partial charge in [0.05, 0.1) is 10.5 Å². The van der Waals surface area contributed by atoms with E-state index in [1.165, 1.54) is 30.5 Å². The summed E-state index contributed by atoms with van der Waals surface area (Å²) in [5.74, 6) is -1.88. The van der Waals surface area contributed by atoms with Crippen molar-refractivity contribution in [3.63, 3.8) is 0 Å². The molecular formula is C17H11ClF2N2O2. The van der Waals surface area contributed by atoms with Gasteiger partial charge in [0, 0.05) is 24.3 Å². The quantitative estimate of drug-likeness (QED) is 0.767. The van der Waals surface area contributed by atoms with Gasteiger partial charge in [-0.05, 0) is 36.4 Å². The molecule has 0 aliphatic rings. The predicted octanol–water partition coefficient (Wildman–Crippen LogP) is 3.72. The molecule has 3 aromatic rings. The summed E-state index contributed by atoms with van der Waals surface area (Å²) in [6.07, 6.45) is 1.36. The average molecular weight is 349 g/mol. The molecule has 0 radical (unpaired) electrons. The first-order valence-corrected chi connectivity index (χ1v) is 7.30. The van der Waals surface area contributed by atoms with Crippen LogP contribution in [0.2, 0.25) is 5.02 Å². The van der Waals surface area contributed by atoms with Crippen molar-refractivity contribution in [2.24, 2.45) is 7.05 Å². The van der Waals surface area contributed by atoms with Gasteiger partial charge in [-0.2, -0.15) is 0 Å². The van der Waals surface area contributed by atoms with Crippen LogP contribution in [0.15, 0.2) is 47.4 Å². The molecule has 0 saturated carbocycles. The Labute approximate surface area is 140 Å². The van der Waals surface area contributed by atoms with Gasteiger partial charge in [0.2, 0.25) is 5.43 Å². The van der Waals surface area contributed by atoms with Gasteiger partial charge < -0.3 is 9.88 Å². The Morgan fingerprint density at radius 1 is 1.17 bits per heavy atom. The molecule has 122 valence electrons. The Balaban J connectivity index is 2.05. The van der Waals surface area contributed by atoms with Crippen LogP contribution in [0, 0.1) is 11.6 Å². The third-order valence-electron chi connectivity index (χ3n) is 3.57. The molecule has 1 amide bonds. The number of anilines is 1. The molecule has 4 nitrogen and oxygen atoms in total. The van der Waals surface area contributed by atoms with E-state index in [9.17, 15) is 18.4 Å². The van der Waals surface area contributed by atoms with Gasteiger partial charge in [-0.15, -0.1) is 0 Å². The van der Waals surface area contributed by atoms with Crippen LogP contribution < -0.4 is 10.7 Å². The maximum Gasteiger partial charge on any atom is 0.261 e. The Morgan fingerprint density at radius 3 is 2.62 bits per heavy atom. The molecule has 0 bridgehead atoms. The van der Waals surface area contributed by atoms with Crippen LogP contribution in [0.3, 0.4) is 0 Å². The van der Waals surface area contributed by atoms with Crippen molar-refractivity contribution in [2.75, 3.05) is 5.32 Å². The number of aromatic nitrogens is 1. The van der Waals surface area contributed by atoms with Gasteiger partial charge in [0.1, 0.15) is 17.2 Å². The summed E-state index contributed by atoms with van der Waals surface area (Å²) in [5.41, 5.74) is -0.0000695. The van der Waals surface area contributed by atoms with Crippen molar-refractivity contribution in [1.82, 2.24) is 4.57 Å². The maximum atomic E-state index is 13.4. The molecular weight excluding hydrogens is 338 g/mol. The number of rotatable bonds is 2. The molecule has 0 saturated heterocycles. The highest BCUT2D eigenvalue weighted by Crippen LogP contribution is 2.20. The highest BCUT2D eigenvalue weighted by atomic mass is 35.5. The largest absolute Gasteiger partial charge is 0.350 e. The predicted molar refractivity (Wildman–Crippen MR) is 88.5 cm³/mol. The Bertz CT molecular complexity index is 1030. The topological polar surface area (TPSA) is 51.1 Å². The first-order chi connectivity index (χ1) is 11.4. The number of fused-ring (bicyclic) bond motifs is 1. The molecule has 1 aromatic heterocycles. The maximum absolute atomic E-state index is 13.4. The van der Waals surface area contributed by atoms with Crippen molar-refractivity contribution in [1.29, 1.82) is 0 Å². The second-order valence-electron chi connectivity index (χ2n) is 5.23. The second-order valence-corrected chi connectivity index (χ2v) is 5.63. The average Bonchev–Trinajstić information content (AvgIpc) is 2.54. The minimum Gasteiger partial charge on any atom is -0.350 e. The minimum absolute atomic E-state index is 0.0993. The van der Waals surface area contributed by atoms with Crippen molar-refractivity contribution >= 4 is 34.1 Å². The molecule has 1 N–H and O–H groups in total. The van der Waals surface area contributed by atoms with Crippen molar-refractivity contribution in [3.05, 3.63) is 75.0 Å². The van der Waals surface area contributed by atoms with E-state index in [2.05, 4.69) is 5.32 Å². The number of pyridine rings is 1. The van der Waals surface area contributed by atoms with Gasteiger partial charge in [-0.25, -0.2) is 8.78 Å². The van der Waals surface area contributed by atoms with Crippen LogP contribution in [0.4, 0.5) is 14.5 Å². The van der Waals surface area contributed by atoms with Crippen LogP contribution in [-0.4, -0.2) is 10.5 Å². The molecule has 1 heterocycles. The number of hydrogen-bond acceptors (Lipinski definition) is 2. The number of amides is 1. The number of benzene rings is 2. The standard InChI is InChI=1S/C17H11ClF2N2O2/c1-22-8-12(16(23)11-6-9(19)2-5-15(11)22)17(24)21-10-3-4-14(20)13(18)7-10/h2-8H,1H3,(H,21,24). The zero-order valence-electron chi connectivity index (χ0n) is 12.4. The van der Waals surface area contributed by atoms with E-state index in [0.29, 0.717) is 5.52 Å². The number of nitrogens with one attached hydrogen (secondary N) is 1. The fourth-order valence-electron chi connectivity index (χ4n) is 2.40. The van der Waals surface area contributed by atoms with E-state index < -0.39 is 23.0 Å². The van der Waals surface area contributed by atoms with Crippen LogP contribution in [0.25, 0.3) is 10.9 Å². The minimum atomic E-state index is -0.690. The van der Waals surface area contributed by atoms with Gasteiger partial charge in [-0.3, -0.25) is 9.59 Å². The normalized spacial score (nSPS) is 10.8. The number of carbonyl (C=O) groups is 1. The summed E-state index contributed by atoms with van der Waals surface area (Å²) in [5, 5.41) is 2.42. The fraction of sp³-hybridized carbons (Fsp3) is 0.0588. The first kappa shape index (κ1) is 16.1. The lowest BCUT2D eigenvalue weighted by molar-refractivity contribution is 0.102. The molecule has 0 unspecified atom stereocenters. The molecule has 0 atom stereocenters. The summed E-state index contributed by atoms with van der Waals surface area (Å²) < 4.78 is 28.1. The molecule has 0 aliphatic heterocycles.